The van der Waals surface area contributed by atoms with Gasteiger partial charge in [-0.3, -0.25) is 0 Å². The first-order chi connectivity index (χ1) is 9.70. The summed E-state index contributed by atoms with van der Waals surface area (Å²) in [6.07, 6.45) is 4.09. The molecule has 0 atom stereocenters. The molecule has 104 valence electrons. The van der Waals surface area contributed by atoms with Crippen LogP contribution in [0, 0.1) is 13.8 Å². The number of fused-ring (bicyclic) bond motifs is 1. The van der Waals surface area contributed by atoms with Crippen LogP contribution in [0.1, 0.15) is 28.8 Å². The summed E-state index contributed by atoms with van der Waals surface area (Å²) >= 11 is 0. The van der Waals surface area contributed by atoms with Crippen LogP contribution in [0.15, 0.2) is 24.4 Å². The van der Waals surface area contributed by atoms with Crippen molar-refractivity contribution >= 4 is 11.6 Å². The third-order valence-corrected chi connectivity index (χ3v) is 3.51. The van der Waals surface area contributed by atoms with Crippen LogP contribution in [0.25, 0.3) is 0 Å². The molecule has 1 aliphatic heterocycles. The average molecular weight is 268 g/mol. The van der Waals surface area contributed by atoms with E-state index in [4.69, 9.17) is 0 Å². The molecule has 4 nitrogen and oxygen atoms in total. The van der Waals surface area contributed by atoms with E-state index < -0.39 is 0 Å². The Bertz CT molecular complexity index is 602. The van der Waals surface area contributed by atoms with Gasteiger partial charge in [-0.15, -0.1) is 0 Å². The van der Waals surface area contributed by atoms with Gasteiger partial charge >= 0.3 is 0 Å². The van der Waals surface area contributed by atoms with Crippen molar-refractivity contribution in [3.05, 3.63) is 46.8 Å². The van der Waals surface area contributed by atoms with E-state index in [0.717, 1.165) is 37.3 Å². The molecule has 4 heteroatoms. The highest BCUT2D eigenvalue weighted by Crippen LogP contribution is 2.19. The maximum Gasteiger partial charge on any atom is 0.227 e. The van der Waals surface area contributed by atoms with E-state index in [2.05, 4.69) is 52.6 Å². The maximum atomic E-state index is 4.67. The van der Waals surface area contributed by atoms with Crippen LogP contribution in [0.4, 0.5) is 11.6 Å². The summed E-state index contributed by atoms with van der Waals surface area (Å²) in [5.74, 6) is 0.690. The third-order valence-electron chi connectivity index (χ3n) is 3.51. The van der Waals surface area contributed by atoms with Gasteiger partial charge in [0.05, 0.1) is 5.69 Å². The Kier molecular flexibility index (Phi) is 3.65. The average Bonchev–Trinajstić information content (AvgIpc) is 2.62. The molecule has 0 bridgehead atoms. The fourth-order valence-corrected chi connectivity index (χ4v) is 2.65. The van der Waals surface area contributed by atoms with Crippen molar-refractivity contribution in [2.75, 3.05) is 11.9 Å². The van der Waals surface area contributed by atoms with Gasteiger partial charge in [-0.1, -0.05) is 6.07 Å². The Morgan fingerprint density at radius 3 is 2.75 bits per heavy atom. The number of rotatable bonds is 2. The fraction of sp³-hybridized carbons (Fsp3) is 0.375. The van der Waals surface area contributed by atoms with E-state index in [0.29, 0.717) is 5.95 Å². The predicted octanol–water partition coefficient (Wildman–Crippen LogP) is 2.87. The number of hydrogen-bond acceptors (Lipinski definition) is 4. The molecule has 1 aromatic heterocycles. The minimum absolute atomic E-state index is 0.690. The SMILES string of the molecule is Cc1cc(C)cc(Nc2ncc3c(n2)CCCNC3)c1. The lowest BCUT2D eigenvalue weighted by Crippen LogP contribution is -2.12. The van der Waals surface area contributed by atoms with Crippen molar-refractivity contribution in [3.63, 3.8) is 0 Å². The molecule has 20 heavy (non-hydrogen) atoms. The van der Waals surface area contributed by atoms with Crippen molar-refractivity contribution in [2.24, 2.45) is 0 Å². The Balaban J connectivity index is 1.85. The molecule has 2 N–H and O–H groups in total. The van der Waals surface area contributed by atoms with Crippen molar-refractivity contribution in [1.82, 2.24) is 15.3 Å². The topological polar surface area (TPSA) is 49.8 Å². The van der Waals surface area contributed by atoms with E-state index in [1.54, 1.807) is 0 Å². The van der Waals surface area contributed by atoms with Gasteiger partial charge in [0, 0.05) is 24.0 Å². The zero-order valence-corrected chi connectivity index (χ0v) is 12.0. The number of hydrogen-bond donors (Lipinski definition) is 2. The van der Waals surface area contributed by atoms with E-state index in [-0.39, 0.29) is 0 Å². The largest absolute Gasteiger partial charge is 0.324 e. The summed E-state index contributed by atoms with van der Waals surface area (Å²) in [7, 11) is 0. The number of anilines is 2. The first kappa shape index (κ1) is 13.1. The minimum Gasteiger partial charge on any atom is -0.324 e. The highest BCUT2D eigenvalue weighted by atomic mass is 15.1. The second-order valence-electron chi connectivity index (χ2n) is 5.45. The molecule has 2 aromatic rings. The van der Waals surface area contributed by atoms with E-state index in [1.165, 1.54) is 16.7 Å². The second kappa shape index (κ2) is 5.59. The Morgan fingerprint density at radius 1 is 1.15 bits per heavy atom. The van der Waals surface area contributed by atoms with Gasteiger partial charge in [0.1, 0.15) is 0 Å². The summed E-state index contributed by atoms with van der Waals surface area (Å²) in [5, 5.41) is 6.70. The molecular weight excluding hydrogens is 248 g/mol. The summed E-state index contributed by atoms with van der Waals surface area (Å²) in [6.45, 7) is 6.12. The lowest BCUT2D eigenvalue weighted by Gasteiger charge is -2.10. The van der Waals surface area contributed by atoms with Crippen LogP contribution in [0.2, 0.25) is 0 Å². The maximum absolute atomic E-state index is 4.67. The number of nitrogens with one attached hydrogen (secondary N) is 2. The molecule has 0 unspecified atom stereocenters. The molecule has 0 saturated heterocycles. The van der Waals surface area contributed by atoms with Crippen LogP contribution in [-0.2, 0) is 13.0 Å². The number of benzene rings is 1. The van der Waals surface area contributed by atoms with Crippen LogP contribution < -0.4 is 10.6 Å². The van der Waals surface area contributed by atoms with Gasteiger partial charge in [0.2, 0.25) is 5.95 Å². The monoisotopic (exact) mass is 268 g/mol. The molecule has 3 rings (SSSR count). The molecule has 0 amide bonds. The molecule has 0 aliphatic carbocycles. The smallest absolute Gasteiger partial charge is 0.227 e. The zero-order valence-electron chi connectivity index (χ0n) is 12.0. The molecule has 0 fully saturated rings. The van der Waals surface area contributed by atoms with Gasteiger partial charge in [-0.05, 0) is 56.5 Å². The highest BCUT2D eigenvalue weighted by Gasteiger charge is 2.10. The fourth-order valence-electron chi connectivity index (χ4n) is 2.65. The van der Waals surface area contributed by atoms with Crippen LogP contribution in [-0.4, -0.2) is 16.5 Å². The zero-order chi connectivity index (χ0) is 13.9. The van der Waals surface area contributed by atoms with Gasteiger partial charge in [0.25, 0.3) is 0 Å². The van der Waals surface area contributed by atoms with Crippen molar-refractivity contribution in [3.8, 4) is 0 Å². The molecule has 1 aliphatic rings. The van der Waals surface area contributed by atoms with Gasteiger partial charge in [-0.2, -0.15) is 0 Å². The van der Waals surface area contributed by atoms with Crippen molar-refractivity contribution in [1.29, 1.82) is 0 Å². The molecule has 0 spiro atoms. The van der Waals surface area contributed by atoms with Crippen molar-refractivity contribution in [2.45, 2.75) is 33.2 Å². The summed E-state index contributed by atoms with van der Waals surface area (Å²) in [6, 6.07) is 6.39. The quantitative estimate of drug-likeness (QED) is 0.879. The van der Waals surface area contributed by atoms with Crippen molar-refractivity contribution < 1.29 is 0 Å². The lowest BCUT2D eigenvalue weighted by atomic mass is 10.1. The summed E-state index contributed by atoms with van der Waals surface area (Å²) < 4.78 is 0. The van der Waals surface area contributed by atoms with E-state index in [1.807, 2.05) is 6.20 Å². The summed E-state index contributed by atoms with van der Waals surface area (Å²) in [5.41, 5.74) is 5.91. The van der Waals surface area contributed by atoms with E-state index >= 15 is 0 Å². The van der Waals surface area contributed by atoms with Crippen LogP contribution in [0.5, 0.6) is 0 Å². The Hall–Kier alpha value is -1.94. The summed E-state index contributed by atoms with van der Waals surface area (Å²) in [4.78, 5) is 9.09. The third kappa shape index (κ3) is 2.96. The Labute approximate surface area is 119 Å². The minimum atomic E-state index is 0.690. The first-order valence-corrected chi connectivity index (χ1v) is 7.11. The molecule has 2 heterocycles. The predicted molar refractivity (Wildman–Crippen MR) is 81.3 cm³/mol. The van der Waals surface area contributed by atoms with E-state index in [9.17, 15) is 0 Å². The van der Waals surface area contributed by atoms with Gasteiger partial charge in [0.15, 0.2) is 0 Å². The normalized spacial score (nSPS) is 14.5. The highest BCUT2D eigenvalue weighted by molar-refractivity contribution is 5.56. The van der Waals surface area contributed by atoms with Crippen LogP contribution >= 0.6 is 0 Å². The van der Waals surface area contributed by atoms with Gasteiger partial charge < -0.3 is 10.6 Å². The molecule has 0 saturated carbocycles. The number of aryl methyl sites for hydroxylation is 3. The lowest BCUT2D eigenvalue weighted by molar-refractivity contribution is 0.680. The number of nitrogens with zero attached hydrogens (tertiary/aromatic N) is 2. The molecular formula is C16H20N4. The first-order valence-electron chi connectivity index (χ1n) is 7.11. The molecule has 1 aromatic carbocycles. The second-order valence-corrected chi connectivity index (χ2v) is 5.45. The Morgan fingerprint density at radius 2 is 1.95 bits per heavy atom. The molecule has 0 radical (unpaired) electrons. The van der Waals surface area contributed by atoms with Gasteiger partial charge in [-0.25, -0.2) is 9.97 Å². The van der Waals surface area contributed by atoms with Crippen LogP contribution in [0.3, 0.4) is 0 Å². The number of aromatic nitrogens is 2. The standard InChI is InChI=1S/C16H20N4/c1-11-6-12(2)8-14(7-11)19-16-18-10-13-9-17-5-3-4-15(13)20-16/h6-8,10,17H,3-5,9H2,1-2H3,(H,18,19,20).